The molecule has 4 aromatic rings. The Morgan fingerprint density at radius 2 is 1.60 bits per heavy atom. The van der Waals surface area contributed by atoms with Crippen LogP contribution in [-0.4, -0.2) is 51.4 Å². The quantitative estimate of drug-likeness (QED) is 0.0850. The monoisotopic (exact) mass is 678 g/mol. The van der Waals surface area contributed by atoms with Crippen molar-refractivity contribution < 1.29 is 38.8 Å². The highest BCUT2D eigenvalue weighted by molar-refractivity contribution is 7.98. The second-order valence-corrected chi connectivity index (χ2v) is 11.2. The highest BCUT2D eigenvalue weighted by Crippen LogP contribution is 2.31. The van der Waals surface area contributed by atoms with E-state index in [1.54, 1.807) is 0 Å². The number of likely N-dealkylation sites (N-methyl/N-ethyl adjacent to an activating group) is 1. The Labute approximate surface area is 293 Å². The van der Waals surface area contributed by atoms with E-state index in [0.717, 1.165) is 12.1 Å². The van der Waals surface area contributed by atoms with Gasteiger partial charge in [0.25, 0.3) is 5.56 Å². The van der Waals surface area contributed by atoms with Crippen LogP contribution in [0, 0.1) is 5.82 Å². The molecule has 248 valence electrons. The van der Waals surface area contributed by atoms with Gasteiger partial charge in [-0.1, -0.05) is 74.0 Å². The normalized spacial score (nSPS) is 17.1. The third-order valence-corrected chi connectivity index (χ3v) is 8.30. The second-order valence-electron chi connectivity index (χ2n) is 10.5. The van der Waals surface area contributed by atoms with Crippen molar-refractivity contribution in [1.82, 2.24) is 19.4 Å². The smallest absolute Gasteiger partial charge is 0.336 e. The van der Waals surface area contributed by atoms with Crippen molar-refractivity contribution in [2.24, 2.45) is 0 Å². The van der Waals surface area contributed by atoms with Gasteiger partial charge in [-0.2, -0.15) is 18.2 Å². The first-order chi connectivity index (χ1) is 27.4. The van der Waals surface area contributed by atoms with Crippen LogP contribution in [0.25, 0.3) is 11.1 Å². The number of amides is 1. The van der Waals surface area contributed by atoms with Crippen LogP contribution in [0.4, 0.5) is 17.6 Å². The molecule has 1 aromatic heterocycles. The molecular weight excluding hydrogens is 628 g/mol. The van der Waals surface area contributed by atoms with E-state index in [-0.39, 0.29) is 29.2 Å². The summed E-state index contributed by atoms with van der Waals surface area (Å²) in [5.41, 5.74) is -7.09. The number of alkyl halides is 3. The molecule has 5 rings (SSSR count). The largest absolute Gasteiger partial charge is 0.416 e. The summed E-state index contributed by atoms with van der Waals surface area (Å²) in [5.74, 6) is -1.62. The minimum Gasteiger partial charge on any atom is -0.336 e. The lowest BCUT2D eigenvalue weighted by Crippen LogP contribution is -2.40. The van der Waals surface area contributed by atoms with Crippen molar-refractivity contribution in [1.29, 1.82) is 0 Å². The number of nitrogens with zero attached hydrogens (tertiary/aromatic N) is 4. The van der Waals surface area contributed by atoms with Crippen LogP contribution < -0.4 is 5.56 Å². The van der Waals surface area contributed by atoms with Gasteiger partial charge in [0.15, 0.2) is 5.16 Å². The summed E-state index contributed by atoms with van der Waals surface area (Å²) in [6.45, 7) is 0.276. The van der Waals surface area contributed by atoms with Crippen LogP contribution in [-0.2, 0) is 42.6 Å². The first kappa shape index (κ1) is 21.8. The Kier molecular flexibility index (Phi) is 7.10. The van der Waals surface area contributed by atoms with E-state index in [1.807, 2.05) is 18.7 Å². The van der Waals surface area contributed by atoms with Gasteiger partial charge in [0.2, 0.25) is 5.91 Å². The maximum Gasteiger partial charge on any atom is 0.416 e. The SMILES string of the molecule is [2H]c1c([2H])c(C(F)(F)F)c([2H])c([2H])c1-c1c([2H])c([2H])c(C([2H])([2H])N(CCN(CC)CC)C(=O)Cn2c(SC([2H])([2H])c3ccc(F)cc3)nc(=O)c3c2CCC3)c([2H])c1[2H]. The minimum atomic E-state index is -5.31. The Morgan fingerprint density at radius 3 is 2.21 bits per heavy atom. The third kappa shape index (κ3) is 8.70. The van der Waals surface area contributed by atoms with E-state index in [1.165, 1.54) is 16.7 Å². The number of hydrogen-bond donors (Lipinski definition) is 0. The number of carbonyl (C=O) groups is 1. The molecule has 0 fully saturated rings. The maximum absolute atomic E-state index is 14.6. The van der Waals surface area contributed by atoms with Crippen molar-refractivity contribution in [3.63, 3.8) is 0 Å². The summed E-state index contributed by atoms with van der Waals surface area (Å²) < 4.78 is 160. The molecule has 1 aliphatic rings. The van der Waals surface area contributed by atoms with Crippen LogP contribution >= 0.6 is 11.8 Å². The lowest BCUT2D eigenvalue weighted by Gasteiger charge is -2.28. The van der Waals surface area contributed by atoms with Gasteiger partial charge >= 0.3 is 6.18 Å². The number of thioether (sulfide) groups is 1. The number of carbonyl (C=O) groups excluding carboxylic acids is 1. The summed E-state index contributed by atoms with van der Waals surface area (Å²) in [5, 5.41) is -0.243. The van der Waals surface area contributed by atoms with Crippen LogP contribution in [0.15, 0.2) is 82.6 Å². The Morgan fingerprint density at radius 1 is 0.957 bits per heavy atom. The third-order valence-electron chi connectivity index (χ3n) is 7.46. The Hall–Kier alpha value is -3.96. The maximum atomic E-state index is 14.6. The predicted octanol–water partition coefficient (Wildman–Crippen LogP) is 7.22. The molecule has 47 heavy (non-hydrogen) atoms. The molecule has 1 aliphatic carbocycles. The second kappa shape index (κ2) is 15.3. The fourth-order valence-corrected chi connectivity index (χ4v) is 5.66. The molecule has 6 nitrogen and oxygen atoms in total. The molecule has 1 amide bonds. The van der Waals surface area contributed by atoms with Gasteiger partial charge in [0, 0.05) is 39.3 Å². The average Bonchev–Trinajstić information content (AvgIpc) is 3.65. The molecule has 0 saturated heterocycles. The van der Waals surface area contributed by atoms with E-state index in [0.29, 0.717) is 48.3 Å². The molecule has 0 bridgehead atoms. The van der Waals surface area contributed by atoms with E-state index in [2.05, 4.69) is 4.98 Å². The first-order valence-electron chi connectivity index (χ1n) is 20.8. The van der Waals surface area contributed by atoms with Crippen molar-refractivity contribution in [2.75, 3.05) is 26.2 Å². The van der Waals surface area contributed by atoms with Crippen molar-refractivity contribution in [3.05, 3.63) is 117 Å². The first-order valence-corrected chi connectivity index (χ1v) is 15.6. The summed E-state index contributed by atoms with van der Waals surface area (Å²) in [6, 6.07) is -5.59. The van der Waals surface area contributed by atoms with Gasteiger partial charge in [0.05, 0.1) is 19.3 Å². The van der Waals surface area contributed by atoms with E-state index < -0.39 is 119 Å². The highest BCUT2D eigenvalue weighted by Gasteiger charge is 2.30. The highest BCUT2D eigenvalue weighted by atomic mass is 32.2. The molecule has 0 spiro atoms. The Bertz CT molecular complexity index is 2300. The van der Waals surface area contributed by atoms with E-state index in [9.17, 15) is 29.9 Å². The molecule has 11 heteroatoms. The molecule has 0 radical (unpaired) electrons. The Balaban J connectivity index is 1.66. The predicted molar refractivity (Wildman–Crippen MR) is 177 cm³/mol. The molecule has 1 heterocycles. The summed E-state index contributed by atoms with van der Waals surface area (Å²) in [4.78, 5) is 34.3. The number of rotatable bonds is 13. The minimum absolute atomic E-state index is 0.0183. The molecular formula is C36H38F4N4O2S. The van der Waals surface area contributed by atoms with Crippen LogP contribution in [0.3, 0.4) is 0 Å². The number of halogens is 4. The molecule has 0 aliphatic heterocycles. The van der Waals surface area contributed by atoms with Crippen molar-refractivity contribution in [2.45, 2.75) is 63.2 Å². The van der Waals surface area contributed by atoms with Gasteiger partial charge in [-0.15, -0.1) is 0 Å². The summed E-state index contributed by atoms with van der Waals surface area (Å²) >= 11 is 0.470. The van der Waals surface area contributed by atoms with Crippen LogP contribution in [0.2, 0.25) is 0 Å². The van der Waals surface area contributed by atoms with E-state index in [4.69, 9.17) is 13.7 Å². The van der Waals surface area contributed by atoms with Gasteiger partial charge in [-0.3, -0.25) is 9.59 Å². The van der Waals surface area contributed by atoms with Crippen LogP contribution in [0.5, 0.6) is 0 Å². The zero-order valence-corrected chi connectivity index (χ0v) is 26.3. The number of fused-ring (bicyclic) bond motifs is 1. The number of aromatic nitrogens is 2. The van der Waals surface area contributed by atoms with Crippen molar-refractivity contribution >= 4 is 17.7 Å². The fourth-order valence-electron chi connectivity index (χ4n) is 4.90. The van der Waals surface area contributed by atoms with Crippen molar-refractivity contribution in [3.8, 4) is 11.1 Å². The molecule has 0 unspecified atom stereocenters. The van der Waals surface area contributed by atoms with Gasteiger partial charge in [-0.05, 0) is 78.8 Å². The van der Waals surface area contributed by atoms with E-state index >= 15 is 0 Å². The lowest BCUT2D eigenvalue weighted by atomic mass is 10.0. The average molecular weight is 679 g/mol. The van der Waals surface area contributed by atoms with Crippen LogP contribution in [0.1, 0.15) is 64.7 Å². The fraction of sp³-hybridized carbons (Fsp3) is 0.361. The number of hydrogen-bond acceptors (Lipinski definition) is 5. The standard InChI is InChI=1S/C36H38F4N4O2S/c1-3-42(4-2)20-21-43(22-25-8-12-27(13-9-25)28-14-16-29(17-15-28)36(38,39)40)33(45)23-44-32-7-5-6-31(32)34(46)41-35(44)47-24-26-10-18-30(37)19-11-26/h8-19H,3-7,20-24H2,1-2H3/i8D,9D,12D,13D,14D,15D,16D,17D,22D2,24D2. The summed E-state index contributed by atoms with van der Waals surface area (Å²) in [6.07, 6.45) is -4.24. The van der Waals surface area contributed by atoms with Gasteiger partial charge < -0.3 is 14.4 Å². The molecule has 0 N–H and O–H groups in total. The number of benzene rings is 3. The zero-order valence-electron chi connectivity index (χ0n) is 37.5. The topological polar surface area (TPSA) is 58.4 Å². The van der Waals surface area contributed by atoms with Gasteiger partial charge in [0.1, 0.15) is 12.4 Å². The zero-order chi connectivity index (χ0) is 44.1. The summed E-state index contributed by atoms with van der Waals surface area (Å²) in [7, 11) is 0. The molecule has 3 aromatic carbocycles. The molecule has 0 atom stereocenters. The van der Waals surface area contributed by atoms with Gasteiger partial charge in [-0.25, -0.2) is 4.39 Å². The molecule has 0 saturated carbocycles. The lowest BCUT2D eigenvalue weighted by molar-refractivity contribution is -0.137.